The molecule has 12 heteroatoms. The van der Waals surface area contributed by atoms with E-state index in [0.29, 0.717) is 35.0 Å². The highest BCUT2D eigenvalue weighted by atomic mass is 32.2. The molecule has 0 radical (unpaired) electrons. The molecule has 2 heterocycles. The van der Waals surface area contributed by atoms with Gasteiger partial charge in [-0.15, -0.1) is 0 Å². The molecule has 1 aliphatic heterocycles. The lowest BCUT2D eigenvalue weighted by atomic mass is 9.72. The number of nitrogens with one attached hydrogen (secondary N) is 4. The van der Waals surface area contributed by atoms with E-state index in [9.17, 15) is 13.2 Å². The Morgan fingerprint density at radius 3 is 2.54 bits per heavy atom. The summed E-state index contributed by atoms with van der Waals surface area (Å²) in [5, 5.41) is 6.03. The summed E-state index contributed by atoms with van der Waals surface area (Å²) < 4.78 is 40.8. The van der Waals surface area contributed by atoms with Gasteiger partial charge in [0, 0.05) is 47.6 Å². The lowest BCUT2D eigenvalue weighted by Crippen LogP contribution is -2.37. The summed E-state index contributed by atoms with van der Waals surface area (Å²) in [6.07, 6.45) is 11.9. The van der Waals surface area contributed by atoms with E-state index < -0.39 is 21.3 Å². The number of carbonyl (C=O) groups excluding carboxylic acids is 1. The van der Waals surface area contributed by atoms with Crippen molar-refractivity contribution in [2.24, 2.45) is 10.4 Å². The van der Waals surface area contributed by atoms with Gasteiger partial charge in [-0.2, -0.15) is 0 Å². The van der Waals surface area contributed by atoms with Crippen LogP contribution in [0.3, 0.4) is 0 Å². The molecule has 2 aliphatic rings. The number of aromatic amines is 1. The van der Waals surface area contributed by atoms with Gasteiger partial charge in [-0.3, -0.25) is 9.52 Å². The highest BCUT2D eigenvalue weighted by Crippen LogP contribution is 2.41. The number of aromatic nitrogens is 2. The topological polar surface area (TPSA) is 147 Å². The molecule has 1 aromatic heterocycles. The zero-order valence-corrected chi connectivity index (χ0v) is 23.6. The van der Waals surface area contributed by atoms with E-state index in [0.717, 1.165) is 12.1 Å². The van der Waals surface area contributed by atoms with Crippen molar-refractivity contribution in [3.63, 3.8) is 0 Å². The second-order valence-corrected chi connectivity index (χ2v) is 11.2. The van der Waals surface area contributed by atoms with E-state index >= 15 is 0 Å². The summed E-state index contributed by atoms with van der Waals surface area (Å²) in [7, 11) is -0.985. The number of carbonyl (C=O) groups is 1. The van der Waals surface area contributed by atoms with E-state index in [2.05, 4.69) is 38.3 Å². The summed E-state index contributed by atoms with van der Waals surface area (Å²) >= 11 is 0. The minimum Gasteiger partial charge on any atom is -0.497 e. The molecular weight excluding hydrogens is 544 g/mol. The Morgan fingerprint density at radius 2 is 1.85 bits per heavy atom. The maximum absolute atomic E-state index is 13.6. The monoisotopic (exact) mass is 574 g/mol. The van der Waals surface area contributed by atoms with Crippen LogP contribution in [0.25, 0.3) is 0 Å². The van der Waals surface area contributed by atoms with Crippen molar-refractivity contribution in [3.8, 4) is 11.5 Å². The van der Waals surface area contributed by atoms with E-state index in [1.807, 2.05) is 18.2 Å². The minimum atomic E-state index is -4.11. The summed E-state index contributed by atoms with van der Waals surface area (Å²) in [6.45, 7) is 2.07. The number of H-pyrrole nitrogens is 1. The molecule has 11 nitrogen and oxygen atoms in total. The zero-order valence-electron chi connectivity index (χ0n) is 22.8. The van der Waals surface area contributed by atoms with Crippen LogP contribution in [0.5, 0.6) is 11.5 Å². The molecule has 2 aromatic carbocycles. The zero-order chi connectivity index (χ0) is 29.0. The fraction of sp³-hybridized carbons (Fsp3) is 0.207. The number of nitrogens with zero attached hydrogens (tertiary/aromatic N) is 2. The number of hydrogen-bond donors (Lipinski definition) is 4. The Bertz CT molecular complexity index is 1670. The van der Waals surface area contributed by atoms with Crippen LogP contribution in [0.1, 0.15) is 30.3 Å². The maximum atomic E-state index is 13.6. The molecule has 0 saturated carbocycles. The number of rotatable bonds is 10. The smallest absolute Gasteiger partial charge is 0.275 e. The van der Waals surface area contributed by atoms with Crippen LogP contribution in [-0.2, 0) is 10.0 Å². The maximum Gasteiger partial charge on any atom is 0.275 e. The normalized spacial score (nSPS) is 17.9. The molecule has 4 N–H and O–H groups in total. The van der Waals surface area contributed by atoms with Crippen molar-refractivity contribution in [3.05, 3.63) is 96.5 Å². The van der Waals surface area contributed by atoms with Gasteiger partial charge in [-0.05, 0) is 30.7 Å². The van der Waals surface area contributed by atoms with Crippen molar-refractivity contribution in [1.82, 2.24) is 14.7 Å². The third-order valence-corrected chi connectivity index (χ3v) is 8.28. The predicted octanol–water partition coefficient (Wildman–Crippen LogP) is 4.61. The Morgan fingerprint density at radius 1 is 1.07 bits per heavy atom. The van der Waals surface area contributed by atoms with Gasteiger partial charge in [0.05, 0.1) is 36.9 Å². The quantitative estimate of drug-likeness (QED) is 0.277. The molecule has 1 atom stereocenters. The van der Waals surface area contributed by atoms with Crippen molar-refractivity contribution in [2.75, 3.05) is 24.9 Å². The summed E-state index contributed by atoms with van der Waals surface area (Å²) in [6, 6.07) is 11.3. The Labute approximate surface area is 238 Å². The molecule has 1 aliphatic carbocycles. The van der Waals surface area contributed by atoms with Gasteiger partial charge < -0.3 is 25.1 Å². The Balaban J connectivity index is 1.50. The number of anilines is 2. The van der Waals surface area contributed by atoms with Gasteiger partial charge >= 0.3 is 0 Å². The number of methoxy groups -OCH3 is 2. The first kappa shape index (κ1) is 27.7. The highest BCUT2D eigenvalue weighted by molar-refractivity contribution is 7.89. The fourth-order valence-electron chi connectivity index (χ4n) is 4.70. The van der Waals surface area contributed by atoms with Gasteiger partial charge in [-0.1, -0.05) is 31.2 Å². The minimum absolute atomic E-state index is 0.0427. The van der Waals surface area contributed by atoms with Crippen molar-refractivity contribution in [2.45, 2.75) is 24.7 Å². The standard InChI is InChI=1S/C29H30N6O5S/c1-4-29-11-6-5-10-26(29)34-27(24(16-29)32-20-12-21(39-2)15-22(13-20)40-3)35-41(37,38)23-9-7-8-19(14-23)33-28(36)25-17-30-18-31-25/h5-15,17-18,32,35H,4,16H2,1-3H3,(H,30,31)(H,33,36). The lowest BCUT2D eigenvalue weighted by molar-refractivity contribution is 0.102. The lowest BCUT2D eigenvalue weighted by Gasteiger charge is -2.36. The molecule has 0 saturated heterocycles. The van der Waals surface area contributed by atoms with Gasteiger partial charge in [0.1, 0.15) is 17.2 Å². The fourth-order valence-corrected chi connectivity index (χ4v) is 5.78. The number of imidazole rings is 1. The third-order valence-electron chi connectivity index (χ3n) is 6.94. The average Bonchev–Trinajstić information content (AvgIpc) is 3.53. The predicted molar refractivity (Wildman–Crippen MR) is 157 cm³/mol. The third kappa shape index (κ3) is 5.87. The molecule has 41 heavy (non-hydrogen) atoms. The van der Waals surface area contributed by atoms with Crippen molar-refractivity contribution < 1.29 is 22.7 Å². The molecule has 212 valence electrons. The first-order chi connectivity index (χ1) is 19.7. The van der Waals surface area contributed by atoms with E-state index in [1.165, 1.54) is 24.7 Å². The Kier molecular flexibility index (Phi) is 7.66. The number of aliphatic imine (C=N–C) groups is 1. The largest absolute Gasteiger partial charge is 0.497 e. The first-order valence-electron chi connectivity index (χ1n) is 12.9. The molecule has 1 unspecified atom stereocenters. The molecule has 5 rings (SSSR count). The Hall–Kier alpha value is -4.84. The van der Waals surface area contributed by atoms with Gasteiger partial charge in [0.15, 0.2) is 5.82 Å². The first-order valence-corrected chi connectivity index (χ1v) is 14.3. The summed E-state index contributed by atoms with van der Waals surface area (Å²) in [5.41, 5.74) is 2.07. The number of hydrogen-bond acceptors (Lipinski definition) is 8. The van der Waals surface area contributed by atoms with Crippen LogP contribution in [0.4, 0.5) is 11.4 Å². The van der Waals surface area contributed by atoms with Crippen LogP contribution >= 0.6 is 0 Å². The number of benzene rings is 2. The molecular formula is C29H30N6O5S. The molecule has 0 spiro atoms. The number of amides is 1. The summed E-state index contributed by atoms with van der Waals surface area (Å²) in [4.78, 5) is 23.8. The molecule has 0 fully saturated rings. The second-order valence-electron chi connectivity index (χ2n) is 9.50. The number of ether oxygens (including phenoxy) is 2. The number of sulfonamides is 1. The van der Waals surface area contributed by atoms with Gasteiger partial charge in [0.25, 0.3) is 15.9 Å². The highest BCUT2D eigenvalue weighted by Gasteiger charge is 2.38. The number of allylic oxidation sites excluding steroid dienone is 5. The van der Waals surface area contributed by atoms with E-state index in [4.69, 9.17) is 14.5 Å². The SMILES string of the molecule is CCC12C=CC=CC1=NC(NS(=O)(=O)c1cccc(NC(=O)c3c[nH]cn3)c1)=C(Nc1cc(OC)cc(OC)c1)C2. The molecule has 3 aromatic rings. The van der Waals surface area contributed by atoms with Crippen molar-refractivity contribution in [1.29, 1.82) is 0 Å². The van der Waals surface area contributed by atoms with Crippen LogP contribution in [0.15, 0.2) is 101 Å². The van der Waals surface area contributed by atoms with Gasteiger partial charge in [-0.25, -0.2) is 18.4 Å². The van der Waals surface area contributed by atoms with Crippen LogP contribution in [0.2, 0.25) is 0 Å². The van der Waals surface area contributed by atoms with Crippen LogP contribution < -0.4 is 24.8 Å². The van der Waals surface area contributed by atoms with E-state index in [-0.39, 0.29) is 16.4 Å². The van der Waals surface area contributed by atoms with E-state index in [1.54, 1.807) is 44.6 Å². The molecule has 1 amide bonds. The van der Waals surface area contributed by atoms with Crippen molar-refractivity contribution >= 4 is 33.0 Å². The number of fused-ring (bicyclic) bond motifs is 1. The molecule has 0 bridgehead atoms. The second kappa shape index (κ2) is 11.3. The van der Waals surface area contributed by atoms with Gasteiger partial charge in [0.2, 0.25) is 0 Å². The average molecular weight is 575 g/mol. The van der Waals surface area contributed by atoms with Crippen LogP contribution in [0, 0.1) is 5.41 Å². The summed E-state index contributed by atoms with van der Waals surface area (Å²) in [5.74, 6) is 0.850. The van der Waals surface area contributed by atoms with Crippen LogP contribution in [-0.4, -0.2) is 44.2 Å².